The third kappa shape index (κ3) is 3.30. The molecule has 0 spiro atoms. The lowest BCUT2D eigenvalue weighted by molar-refractivity contribution is -0.126. The maximum absolute atomic E-state index is 7.41. The Labute approximate surface area is 176 Å². The van der Waals surface area contributed by atoms with E-state index in [1.807, 2.05) is 0 Å². The molecule has 0 radical (unpaired) electrons. The summed E-state index contributed by atoms with van der Waals surface area (Å²) in [5.74, 6) is 5.68. The Hall–Kier alpha value is -0.0662. The predicted molar refractivity (Wildman–Crippen MR) is 123 cm³/mol. The number of hydrogen-bond acceptors (Lipinski definition) is 2. The molecular formula is C24H44O2Si2. The summed E-state index contributed by atoms with van der Waals surface area (Å²) in [6, 6.07) is 0. The lowest BCUT2D eigenvalue weighted by atomic mass is 9.61. The summed E-state index contributed by atoms with van der Waals surface area (Å²) in [5.41, 5.74) is 0.567. The van der Waals surface area contributed by atoms with Crippen molar-refractivity contribution >= 4 is 16.6 Å². The fourth-order valence-corrected chi connectivity index (χ4v) is 10.2. The van der Waals surface area contributed by atoms with Crippen molar-refractivity contribution in [1.29, 1.82) is 0 Å². The van der Waals surface area contributed by atoms with E-state index in [4.69, 9.17) is 8.85 Å². The molecule has 4 aliphatic rings. The van der Waals surface area contributed by atoms with E-state index in [0.717, 1.165) is 11.8 Å². The molecule has 28 heavy (non-hydrogen) atoms. The van der Waals surface area contributed by atoms with Gasteiger partial charge >= 0.3 is 0 Å². The van der Waals surface area contributed by atoms with Crippen LogP contribution in [0.5, 0.6) is 0 Å². The quantitative estimate of drug-likeness (QED) is 0.453. The van der Waals surface area contributed by atoms with Crippen molar-refractivity contribution in [3.8, 4) is 0 Å². The summed E-state index contributed by atoms with van der Waals surface area (Å²) in [5, 5.41) is 0. The molecule has 7 atom stereocenters. The zero-order chi connectivity index (χ0) is 20.7. The molecule has 3 saturated carbocycles. The molecule has 0 aromatic carbocycles. The molecule has 0 aromatic heterocycles. The van der Waals surface area contributed by atoms with E-state index in [1.165, 1.54) is 37.9 Å². The lowest BCUT2D eigenvalue weighted by Gasteiger charge is -2.55. The minimum absolute atomic E-state index is 0.0711. The second kappa shape index (κ2) is 6.46. The van der Waals surface area contributed by atoms with Gasteiger partial charge in [0, 0.05) is 5.92 Å². The SMILES string of the molecule is C[C@@H]1C[C@@H]2[C@H]([C@@H]3CC=C(O[Si](C)(C)C)[C@@H]4CCC[C@H]4[C@@]13O[Si](C)(C)C)C2(C)C. The van der Waals surface area contributed by atoms with Crippen LogP contribution < -0.4 is 0 Å². The molecule has 0 amide bonds. The molecule has 4 heteroatoms. The van der Waals surface area contributed by atoms with Gasteiger partial charge in [0.2, 0.25) is 8.32 Å². The Morgan fingerprint density at radius 1 is 0.929 bits per heavy atom. The van der Waals surface area contributed by atoms with Crippen LogP contribution in [0.3, 0.4) is 0 Å². The third-order valence-corrected chi connectivity index (χ3v) is 10.3. The first-order valence-corrected chi connectivity index (χ1v) is 18.7. The van der Waals surface area contributed by atoms with Crippen molar-refractivity contribution in [2.24, 2.45) is 40.9 Å². The predicted octanol–water partition coefficient (Wildman–Crippen LogP) is 7.06. The highest BCUT2D eigenvalue weighted by Gasteiger charge is 2.72. The summed E-state index contributed by atoms with van der Waals surface area (Å²) in [6.45, 7) is 21.9. The van der Waals surface area contributed by atoms with E-state index in [9.17, 15) is 0 Å². The normalized spacial score (nSPS) is 44.7. The number of rotatable bonds is 4. The van der Waals surface area contributed by atoms with Crippen LogP contribution in [0.4, 0.5) is 0 Å². The molecule has 0 aromatic rings. The van der Waals surface area contributed by atoms with E-state index in [0.29, 0.717) is 29.1 Å². The minimum Gasteiger partial charge on any atom is -0.547 e. The van der Waals surface area contributed by atoms with Crippen LogP contribution in [0.1, 0.15) is 52.9 Å². The van der Waals surface area contributed by atoms with E-state index in [1.54, 1.807) is 0 Å². The number of fused-ring (bicyclic) bond motifs is 5. The summed E-state index contributed by atoms with van der Waals surface area (Å²) in [7, 11) is -3.27. The molecule has 2 nitrogen and oxygen atoms in total. The molecule has 0 bridgehead atoms. The van der Waals surface area contributed by atoms with Crippen LogP contribution in [-0.2, 0) is 8.85 Å². The molecule has 4 rings (SSSR count). The lowest BCUT2D eigenvalue weighted by Crippen LogP contribution is -2.60. The molecule has 3 fully saturated rings. The van der Waals surface area contributed by atoms with Gasteiger partial charge in [-0.2, -0.15) is 0 Å². The van der Waals surface area contributed by atoms with Gasteiger partial charge in [-0.1, -0.05) is 27.2 Å². The van der Waals surface area contributed by atoms with Crippen LogP contribution in [0.2, 0.25) is 39.3 Å². The fraction of sp³-hybridized carbons (Fsp3) is 0.917. The summed E-state index contributed by atoms with van der Waals surface area (Å²) in [6.07, 6.45) is 9.06. The van der Waals surface area contributed by atoms with Gasteiger partial charge in [0.25, 0.3) is 0 Å². The van der Waals surface area contributed by atoms with Crippen LogP contribution in [0.15, 0.2) is 11.8 Å². The van der Waals surface area contributed by atoms with E-state index in [-0.39, 0.29) is 5.60 Å². The minimum atomic E-state index is -1.67. The first-order chi connectivity index (χ1) is 12.8. The van der Waals surface area contributed by atoms with Crippen molar-refractivity contribution in [2.45, 2.75) is 97.8 Å². The van der Waals surface area contributed by atoms with Crippen LogP contribution in [0.25, 0.3) is 0 Å². The summed E-state index contributed by atoms with van der Waals surface area (Å²) >= 11 is 0. The molecule has 160 valence electrons. The average Bonchev–Trinajstić information content (AvgIpc) is 2.91. The van der Waals surface area contributed by atoms with Crippen LogP contribution in [-0.4, -0.2) is 22.2 Å². The summed E-state index contributed by atoms with van der Waals surface area (Å²) < 4.78 is 14.2. The van der Waals surface area contributed by atoms with Crippen LogP contribution >= 0.6 is 0 Å². The van der Waals surface area contributed by atoms with Crippen molar-refractivity contribution in [3.05, 3.63) is 11.8 Å². The first-order valence-electron chi connectivity index (χ1n) is 11.9. The zero-order valence-electron chi connectivity index (χ0n) is 19.9. The molecular weight excluding hydrogens is 376 g/mol. The van der Waals surface area contributed by atoms with Gasteiger partial charge in [-0.15, -0.1) is 0 Å². The van der Waals surface area contributed by atoms with Gasteiger partial charge in [-0.3, -0.25) is 0 Å². The Kier molecular flexibility index (Phi) is 4.89. The number of hydrogen-bond donors (Lipinski definition) is 0. The molecule has 0 heterocycles. The topological polar surface area (TPSA) is 18.5 Å². The molecule has 0 aliphatic heterocycles. The standard InChI is InChI=1S/C24H44O2Si2/c1-16-15-20-22(23(20,2)3)19-13-14-21(25-27(4,5)6)17-11-10-12-18(17)24(16,19)26-28(7,8)9/h14,16-20,22H,10-13,15H2,1-9H3/t16-,17-,18-,19+,20-,22+,24+/m1/s1. The maximum atomic E-state index is 7.41. The molecule has 4 aliphatic carbocycles. The van der Waals surface area contributed by atoms with E-state index in [2.05, 4.69) is 66.1 Å². The van der Waals surface area contributed by atoms with Crippen molar-refractivity contribution in [1.82, 2.24) is 0 Å². The smallest absolute Gasteiger partial charge is 0.241 e. The second-order valence-electron chi connectivity index (χ2n) is 13.0. The van der Waals surface area contributed by atoms with E-state index >= 15 is 0 Å². The van der Waals surface area contributed by atoms with Crippen molar-refractivity contribution in [3.63, 3.8) is 0 Å². The summed E-state index contributed by atoms with van der Waals surface area (Å²) in [4.78, 5) is 0. The third-order valence-electron chi connectivity index (χ3n) is 8.47. The maximum Gasteiger partial charge on any atom is 0.241 e. The highest BCUT2D eigenvalue weighted by atomic mass is 28.4. The second-order valence-corrected chi connectivity index (χ2v) is 21.8. The van der Waals surface area contributed by atoms with Gasteiger partial charge in [0.05, 0.1) is 11.4 Å². The Balaban J connectivity index is 1.80. The van der Waals surface area contributed by atoms with Gasteiger partial charge in [-0.05, 0) is 106 Å². The van der Waals surface area contributed by atoms with E-state index < -0.39 is 16.6 Å². The molecule has 0 N–H and O–H groups in total. The highest BCUT2D eigenvalue weighted by Crippen LogP contribution is 2.74. The molecule has 0 unspecified atom stereocenters. The Morgan fingerprint density at radius 3 is 2.21 bits per heavy atom. The van der Waals surface area contributed by atoms with Crippen LogP contribution in [0, 0.1) is 40.9 Å². The van der Waals surface area contributed by atoms with Gasteiger partial charge in [-0.25, -0.2) is 0 Å². The van der Waals surface area contributed by atoms with Crippen molar-refractivity contribution in [2.75, 3.05) is 0 Å². The monoisotopic (exact) mass is 420 g/mol. The highest BCUT2D eigenvalue weighted by molar-refractivity contribution is 6.70. The average molecular weight is 421 g/mol. The number of allylic oxidation sites excluding steroid dienone is 2. The largest absolute Gasteiger partial charge is 0.547 e. The fourth-order valence-electron chi connectivity index (χ4n) is 7.71. The Bertz CT molecular complexity index is 656. The first kappa shape index (κ1) is 21.2. The Morgan fingerprint density at radius 2 is 1.61 bits per heavy atom. The molecule has 0 saturated heterocycles. The van der Waals surface area contributed by atoms with Gasteiger partial charge in [0.1, 0.15) is 0 Å². The van der Waals surface area contributed by atoms with Gasteiger partial charge in [0.15, 0.2) is 8.32 Å². The zero-order valence-corrected chi connectivity index (χ0v) is 21.9. The van der Waals surface area contributed by atoms with Gasteiger partial charge < -0.3 is 8.85 Å². The van der Waals surface area contributed by atoms with Crippen molar-refractivity contribution < 1.29 is 8.85 Å².